The molecule has 0 aliphatic carbocycles. The smallest absolute Gasteiger partial charge is 0.258 e. The zero-order valence-electron chi connectivity index (χ0n) is 13.8. The van der Waals surface area contributed by atoms with Crippen LogP contribution in [0.15, 0.2) is 48.5 Å². The Bertz CT molecular complexity index is 620. The Kier molecular flexibility index (Phi) is 6.03. The van der Waals surface area contributed by atoms with Crippen LogP contribution >= 0.6 is 0 Å². The lowest BCUT2D eigenvalue weighted by atomic mass is 10.0. The van der Waals surface area contributed by atoms with Gasteiger partial charge in [-0.1, -0.05) is 36.8 Å². The summed E-state index contributed by atoms with van der Waals surface area (Å²) in [5.74, 6) is 1.27. The van der Waals surface area contributed by atoms with Gasteiger partial charge in [-0.05, 0) is 43.2 Å². The third kappa shape index (κ3) is 5.02. The highest BCUT2D eigenvalue weighted by Crippen LogP contribution is 2.18. The largest absolute Gasteiger partial charge is 0.497 e. The third-order valence-electron chi connectivity index (χ3n) is 3.65. The summed E-state index contributed by atoms with van der Waals surface area (Å²) in [5, 5.41) is 3.01. The van der Waals surface area contributed by atoms with E-state index in [1.54, 1.807) is 31.4 Å². The molecule has 1 N–H and O–H groups in total. The number of benzene rings is 2. The van der Waals surface area contributed by atoms with E-state index in [4.69, 9.17) is 9.47 Å². The molecule has 0 aliphatic heterocycles. The molecule has 1 amide bonds. The van der Waals surface area contributed by atoms with Crippen LogP contribution in [0.25, 0.3) is 0 Å². The van der Waals surface area contributed by atoms with E-state index in [0.717, 1.165) is 17.7 Å². The monoisotopic (exact) mass is 313 g/mol. The molecule has 4 heteroatoms. The Morgan fingerprint density at radius 2 is 1.65 bits per heavy atom. The summed E-state index contributed by atoms with van der Waals surface area (Å²) in [4.78, 5) is 12.1. The normalized spacial score (nSPS) is 11.6. The number of aryl methyl sites for hydroxylation is 1. The number of ether oxygens (including phenoxy) is 2. The number of rotatable bonds is 7. The Morgan fingerprint density at radius 3 is 2.22 bits per heavy atom. The number of hydrogen-bond donors (Lipinski definition) is 1. The van der Waals surface area contributed by atoms with Crippen molar-refractivity contribution in [2.24, 2.45) is 0 Å². The second kappa shape index (κ2) is 8.22. The van der Waals surface area contributed by atoms with E-state index in [-0.39, 0.29) is 18.6 Å². The second-order valence-corrected chi connectivity index (χ2v) is 5.40. The highest BCUT2D eigenvalue weighted by Gasteiger charge is 2.13. The number of hydrogen-bond acceptors (Lipinski definition) is 3. The minimum atomic E-state index is -0.131. The molecule has 1 unspecified atom stereocenters. The molecular formula is C19H23NO3. The van der Waals surface area contributed by atoms with Crippen LogP contribution in [-0.2, 0) is 4.79 Å². The first-order valence-corrected chi connectivity index (χ1v) is 7.75. The lowest BCUT2D eigenvalue weighted by molar-refractivity contribution is -0.123. The molecule has 0 aromatic heterocycles. The van der Waals surface area contributed by atoms with Crippen molar-refractivity contribution in [3.8, 4) is 11.5 Å². The van der Waals surface area contributed by atoms with Crippen LogP contribution in [-0.4, -0.2) is 19.6 Å². The fourth-order valence-corrected chi connectivity index (χ4v) is 2.28. The van der Waals surface area contributed by atoms with E-state index < -0.39 is 0 Å². The standard InChI is InChI=1S/C19H23NO3/c1-4-18(15-7-5-14(2)6-8-15)20-19(21)13-23-17-11-9-16(22-3)10-12-17/h5-12,18H,4,13H2,1-3H3,(H,20,21). The fraction of sp³-hybridized carbons (Fsp3) is 0.316. The maximum atomic E-state index is 12.1. The summed E-state index contributed by atoms with van der Waals surface area (Å²) in [6, 6.07) is 15.4. The average molecular weight is 313 g/mol. The first kappa shape index (κ1) is 16.9. The quantitative estimate of drug-likeness (QED) is 0.849. The molecule has 0 radical (unpaired) electrons. The molecule has 0 saturated heterocycles. The molecule has 0 heterocycles. The van der Waals surface area contributed by atoms with E-state index in [1.165, 1.54) is 5.56 Å². The number of amides is 1. The summed E-state index contributed by atoms with van der Waals surface area (Å²) in [7, 11) is 1.61. The Hall–Kier alpha value is -2.49. The minimum Gasteiger partial charge on any atom is -0.497 e. The van der Waals surface area contributed by atoms with E-state index in [2.05, 4.69) is 24.4 Å². The van der Waals surface area contributed by atoms with Gasteiger partial charge in [-0.25, -0.2) is 0 Å². The molecule has 0 saturated carbocycles. The molecule has 2 rings (SSSR count). The molecule has 0 spiro atoms. The number of carbonyl (C=O) groups is 1. The predicted molar refractivity (Wildman–Crippen MR) is 90.8 cm³/mol. The highest BCUT2D eigenvalue weighted by atomic mass is 16.5. The molecule has 0 fully saturated rings. The van der Waals surface area contributed by atoms with Crippen molar-refractivity contribution in [2.75, 3.05) is 13.7 Å². The Balaban J connectivity index is 1.88. The van der Waals surface area contributed by atoms with E-state index in [1.807, 2.05) is 19.1 Å². The van der Waals surface area contributed by atoms with Crippen LogP contribution < -0.4 is 14.8 Å². The lowest BCUT2D eigenvalue weighted by Gasteiger charge is -2.18. The topological polar surface area (TPSA) is 47.6 Å². The maximum absolute atomic E-state index is 12.1. The van der Waals surface area contributed by atoms with Crippen molar-refractivity contribution in [3.63, 3.8) is 0 Å². The van der Waals surface area contributed by atoms with Gasteiger partial charge in [0.05, 0.1) is 13.2 Å². The molecule has 0 aliphatic rings. The van der Waals surface area contributed by atoms with E-state index >= 15 is 0 Å². The molecule has 1 atom stereocenters. The predicted octanol–water partition coefficient (Wildman–Crippen LogP) is 3.65. The van der Waals surface area contributed by atoms with Crippen molar-refractivity contribution in [3.05, 3.63) is 59.7 Å². The van der Waals surface area contributed by atoms with Crippen LogP contribution in [0.5, 0.6) is 11.5 Å². The van der Waals surface area contributed by atoms with Gasteiger partial charge >= 0.3 is 0 Å². The van der Waals surface area contributed by atoms with Crippen LogP contribution in [0.3, 0.4) is 0 Å². The molecule has 122 valence electrons. The van der Waals surface area contributed by atoms with Gasteiger partial charge in [0.25, 0.3) is 5.91 Å². The second-order valence-electron chi connectivity index (χ2n) is 5.40. The summed E-state index contributed by atoms with van der Waals surface area (Å²) < 4.78 is 10.6. The fourth-order valence-electron chi connectivity index (χ4n) is 2.28. The molecule has 2 aromatic rings. The van der Waals surface area contributed by atoms with Crippen molar-refractivity contribution < 1.29 is 14.3 Å². The molecular weight excluding hydrogens is 290 g/mol. The first-order chi connectivity index (χ1) is 11.1. The zero-order chi connectivity index (χ0) is 16.7. The number of carbonyl (C=O) groups excluding carboxylic acids is 1. The molecule has 4 nitrogen and oxygen atoms in total. The molecule has 0 bridgehead atoms. The van der Waals surface area contributed by atoms with Gasteiger partial charge in [0.15, 0.2) is 6.61 Å². The molecule has 2 aromatic carbocycles. The van der Waals surface area contributed by atoms with Gasteiger partial charge in [0.2, 0.25) is 0 Å². The van der Waals surface area contributed by atoms with Crippen LogP contribution in [0, 0.1) is 6.92 Å². The van der Waals surface area contributed by atoms with Crippen molar-refractivity contribution in [1.29, 1.82) is 0 Å². The van der Waals surface area contributed by atoms with E-state index in [0.29, 0.717) is 5.75 Å². The van der Waals surface area contributed by atoms with Crippen LogP contribution in [0.2, 0.25) is 0 Å². The lowest BCUT2D eigenvalue weighted by Crippen LogP contribution is -2.32. The zero-order valence-corrected chi connectivity index (χ0v) is 13.8. The highest BCUT2D eigenvalue weighted by molar-refractivity contribution is 5.78. The summed E-state index contributed by atoms with van der Waals surface area (Å²) in [6.45, 7) is 4.09. The Labute approximate surface area is 137 Å². The van der Waals surface area contributed by atoms with E-state index in [9.17, 15) is 4.79 Å². The first-order valence-electron chi connectivity index (χ1n) is 7.75. The summed E-state index contributed by atoms with van der Waals surface area (Å²) in [6.07, 6.45) is 0.831. The SMILES string of the molecule is CCC(NC(=O)COc1ccc(OC)cc1)c1ccc(C)cc1. The number of methoxy groups -OCH3 is 1. The van der Waals surface area contributed by atoms with Gasteiger partial charge < -0.3 is 14.8 Å². The minimum absolute atomic E-state index is 0.00238. The Morgan fingerprint density at radius 1 is 1.04 bits per heavy atom. The molecule has 23 heavy (non-hydrogen) atoms. The van der Waals surface area contributed by atoms with Crippen molar-refractivity contribution in [2.45, 2.75) is 26.3 Å². The van der Waals surface area contributed by atoms with Gasteiger partial charge in [0.1, 0.15) is 11.5 Å². The van der Waals surface area contributed by atoms with Crippen molar-refractivity contribution in [1.82, 2.24) is 5.32 Å². The van der Waals surface area contributed by atoms with Gasteiger partial charge in [0, 0.05) is 0 Å². The maximum Gasteiger partial charge on any atom is 0.258 e. The number of nitrogens with one attached hydrogen (secondary N) is 1. The van der Waals surface area contributed by atoms with Crippen molar-refractivity contribution >= 4 is 5.91 Å². The van der Waals surface area contributed by atoms with Gasteiger partial charge in [-0.3, -0.25) is 4.79 Å². The van der Waals surface area contributed by atoms with Crippen LogP contribution in [0.1, 0.15) is 30.5 Å². The van der Waals surface area contributed by atoms with Gasteiger partial charge in [-0.15, -0.1) is 0 Å². The van der Waals surface area contributed by atoms with Gasteiger partial charge in [-0.2, -0.15) is 0 Å². The summed E-state index contributed by atoms with van der Waals surface area (Å²) in [5.41, 5.74) is 2.31. The average Bonchev–Trinajstić information content (AvgIpc) is 2.59. The summed E-state index contributed by atoms with van der Waals surface area (Å²) >= 11 is 0. The van der Waals surface area contributed by atoms with Crippen LogP contribution in [0.4, 0.5) is 0 Å². The third-order valence-corrected chi connectivity index (χ3v) is 3.65.